The van der Waals surface area contributed by atoms with Crippen molar-refractivity contribution in [2.24, 2.45) is 0 Å². The molecule has 3 N–H and O–H groups in total. The number of carbonyl (C=O) groups excluding carboxylic acids is 2. The van der Waals surface area contributed by atoms with Crippen LogP contribution in [0.3, 0.4) is 0 Å². The number of amides is 2. The standard InChI is InChI=1S/C18H21N3O2/c1-13(15-8-4-6-14-5-2-3-7-16(14)15)20-18(23)12-21-10-9-19-17(22)11-21/h2-8,13H,9-12H2,1H3,(H,19,22)(H,20,23)/p+1/t13-/m1/s1. The van der Waals surface area contributed by atoms with Crippen molar-refractivity contribution in [3.05, 3.63) is 48.0 Å². The minimum atomic E-state index is -0.0633. The largest absolute Gasteiger partial charge is 0.346 e. The van der Waals surface area contributed by atoms with E-state index in [0.717, 1.165) is 22.4 Å². The first-order valence-electron chi connectivity index (χ1n) is 8.01. The van der Waals surface area contributed by atoms with Gasteiger partial charge >= 0.3 is 0 Å². The fourth-order valence-corrected chi connectivity index (χ4v) is 3.13. The van der Waals surface area contributed by atoms with Crippen LogP contribution < -0.4 is 15.5 Å². The van der Waals surface area contributed by atoms with Crippen LogP contribution in [0.1, 0.15) is 18.5 Å². The number of hydrogen-bond acceptors (Lipinski definition) is 2. The molecule has 2 amide bonds. The first-order chi connectivity index (χ1) is 11.1. The third-order valence-electron chi connectivity index (χ3n) is 4.29. The maximum absolute atomic E-state index is 12.3. The SMILES string of the molecule is C[C@@H](NC(=O)C[NH+]1CCNC(=O)C1)c1cccc2ccccc12. The van der Waals surface area contributed by atoms with Crippen molar-refractivity contribution in [3.63, 3.8) is 0 Å². The number of carbonyl (C=O) groups is 2. The number of fused-ring (bicyclic) bond motifs is 1. The van der Waals surface area contributed by atoms with Crippen LogP contribution in [-0.4, -0.2) is 38.0 Å². The van der Waals surface area contributed by atoms with Gasteiger partial charge in [-0.05, 0) is 23.3 Å². The fraction of sp³-hybridized carbons (Fsp3) is 0.333. The number of hydrogen-bond donors (Lipinski definition) is 3. The predicted octanol–water partition coefficient (Wildman–Crippen LogP) is 0.0317. The van der Waals surface area contributed by atoms with E-state index >= 15 is 0 Å². The minimum Gasteiger partial charge on any atom is -0.346 e. The van der Waals surface area contributed by atoms with Gasteiger partial charge in [-0.15, -0.1) is 0 Å². The Balaban J connectivity index is 1.67. The first kappa shape index (κ1) is 15.5. The van der Waals surface area contributed by atoms with Crippen LogP contribution in [0.15, 0.2) is 42.5 Å². The average Bonchev–Trinajstić information content (AvgIpc) is 2.54. The monoisotopic (exact) mass is 312 g/mol. The normalized spacial score (nSPS) is 19.2. The van der Waals surface area contributed by atoms with E-state index < -0.39 is 0 Å². The van der Waals surface area contributed by atoms with E-state index in [1.54, 1.807) is 0 Å². The van der Waals surface area contributed by atoms with Crippen molar-refractivity contribution in [3.8, 4) is 0 Å². The Morgan fingerprint density at radius 2 is 2.04 bits per heavy atom. The molecule has 0 radical (unpaired) electrons. The predicted molar refractivity (Wildman–Crippen MR) is 89.1 cm³/mol. The molecule has 0 aromatic heterocycles. The molecule has 0 bridgehead atoms. The van der Waals surface area contributed by atoms with E-state index in [-0.39, 0.29) is 17.9 Å². The highest BCUT2D eigenvalue weighted by atomic mass is 16.2. The van der Waals surface area contributed by atoms with E-state index in [4.69, 9.17) is 0 Å². The number of piperazine rings is 1. The van der Waals surface area contributed by atoms with Crippen molar-refractivity contribution < 1.29 is 14.5 Å². The second-order valence-electron chi connectivity index (χ2n) is 6.06. The molecule has 2 atom stereocenters. The Labute approximate surface area is 135 Å². The smallest absolute Gasteiger partial charge is 0.275 e. The van der Waals surface area contributed by atoms with Crippen LogP contribution in [-0.2, 0) is 9.59 Å². The molecule has 5 heteroatoms. The lowest BCUT2D eigenvalue weighted by molar-refractivity contribution is -0.885. The molecule has 3 rings (SSSR count). The molecule has 1 saturated heterocycles. The molecule has 1 aliphatic rings. The molecule has 5 nitrogen and oxygen atoms in total. The summed E-state index contributed by atoms with van der Waals surface area (Å²) in [4.78, 5) is 24.7. The van der Waals surface area contributed by atoms with Gasteiger partial charge in [0.15, 0.2) is 13.1 Å². The summed E-state index contributed by atoms with van der Waals surface area (Å²) in [5.41, 5.74) is 1.11. The van der Waals surface area contributed by atoms with Crippen LogP contribution in [0.4, 0.5) is 0 Å². The summed E-state index contributed by atoms with van der Waals surface area (Å²) in [6.07, 6.45) is 0. The topological polar surface area (TPSA) is 62.6 Å². The summed E-state index contributed by atoms with van der Waals surface area (Å²) in [5, 5.41) is 8.17. The Kier molecular flexibility index (Phi) is 4.57. The highest BCUT2D eigenvalue weighted by Gasteiger charge is 2.23. The van der Waals surface area contributed by atoms with Crippen molar-refractivity contribution >= 4 is 22.6 Å². The first-order valence-corrected chi connectivity index (χ1v) is 8.01. The second kappa shape index (κ2) is 6.79. The van der Waals surface area contributed by atoms with Crippen molar-refractivity contribution in [2.75, 3.05) is 26.2 Å². The average molecular weight is 312 g/mol. The zero-order chi connectivity index (χ0) is 16.2. The fourth-order valence-electron chi connectivity index (χ4n) is 3.13. The summed E-state index contributed by atoms with van der Waals surface area (Å²) in [6, 6.07) is 14.2. The van der Waals surface area contributed by atoms with Gasteiger partial charge < -0.3 is 15.5 Å². The van der Waals surface area contributed by atoms with E-state index in [1.807, 2.05) is 25.1 Å². The minimum absolute atomic E-state index is 0.0150. The summed E-state index contributed by atoms with van der Waals surface area (Å²) >= 11 is 0. The number of rotatable bonds is 4. The molecular formula is C18H22N3O2+. The van der Waals surface area contributed by atoms with Gasteiger partial charge in [0, 0.05) is 0 Å². The van der Waals surface area contributed by atoms with Crippen LogP contribution in [0, 0.1) is 0 Å². The van der Waals surface area contributed by atoms with E-state index in [9.17, 15) is 9.59 Å². The molecule has 1 fully saturated rings. The van der Waals surface area contributed by atoms with Crippen LogP contribution in [0.25, 0.3) is 10.8 Å². The molecule has 2 aromatic rings. The van der Waals surface area contributed by atoms with Crippen LogP contribution in [0.5, 0.6) is 0 Å². The summed E-state index contributed by atoms with van der Waals surface area (Å²) in [7, 11) is 0. The third kappa shape index (κ3) is 3.68. The van der Waals surface area contributed by atoms with Gasteiger partial charge in [0.25, 0.3) is 11.8 Å². The molecule has 0 aliphatic carbocycles. The molecule has 1 aliphatic heterocycles. The maximum Gasteiger partial charge on any atom is 0.275 e. The van der Waals surface area contributed by atoms with Crippen molar-refractivity contribution in [1.82, 2.24) is 10.6 Å². The van der Waals surface area contributed by atoms with E-state index in [2.05, 4.69) is 34.9 Å². The molecule has 2 aromatic carbocycles. The van der Waals surface area contributed by atoms with Crippen molar-refractivity contribution in [2.45, 2.75) is 13.0 Å². The van der Waals surface area contributed by atoms with E-state index in [0.29, 0.717) is 19.6 Å². The zero-order valence-electron chi connectivity index (χ0n) is 13.3. The van der Waals surface area contributed by atoms with Crippen LogP contribution >= 0.6 is 0 Å². The molecular weight excluding hydrogens is 290 g/mol. The van der Waals surface area contributed by atoms with Gasteiger partial charge in [-0.2, -0.15) is 0 Å². The van der Waals surface area contributed by atoms with E-state index in [1.165, 1.54) is 5.39 Å². The molecule has 0 saturated carbocycles. The van der Waals surface area contributed by atoms with Gasteiger partial charge in [0.05, 0.1) is 19.1 Å². The summed E-state index contributed by atoms with van der Waals surface area (Å²) in [5.74, 6) is -0.00344. The van der Waals surface area contributed by atoms with Crippen molar-refractivity contribution in [1.29, 1.82) is 0 Å². The van der Waals surface area contributed by atoms with Gasteiger partial charge in [-0.25, -0.2) is 0 Å². The Morgan fingerprint density at radius 3 is 2.87 bits per heavy atom. The van der Waals surface area contributed by atoms with Crippen LogP contribution in [0.2, 0.25) is 0 Å². The quantitative estimate of drug-likeness (QED) is 0.746. The zero-order valence-corrected chi connectivity index (χ0v) is 13.3. The molecule has 0 spiro atoms. The Hall–Kier alpha value is -2.40. The molecule has 1 unspecified atom stereocenters. The molecule has 1 heterocycles. The van der Waals surface area contributed by atoms with Gasteiger partial charge in [-0.3, -0.25) is 9.59 Å². The maximum atomic E-state index is 12.3. The van der Waals surface area contributed by atoms with Gasteiger partial charge in [0.2, 0.25) is 0 Å². The lowest BCUT2D eigenvalue weighted by Crippen LogP contribution is -3.16. The number of benzene rings is 2. The summed E-state index contributed by atoms with van der Waals surface area (Å²) in [6.45, 7) is 4.14. The van der Waals surface area contributed by atoms with Gasteiger partial charge in [0.1, 0.15) is 0 Å². The highest BCUT2D eigenvalue weighted by molar-refractivity contribution is 5.87. The Morgan fingerprint density at radius 1 is 1.26 bits per heavy atom. The third-order valence-corrected chi connectivity index (χ3v) is 4.29. The molecule has 23 heavy (non-hydrogen) atoms. The highest BCUT2D eigenvalue weighted by Crippen LogP contribution is 2.23. The summed E-state index contributed by atoms with van der Waals surface area (Å²) < 4.78 is 0. The van der Waals surface area contributed by atoms with Gasteiger partial charge in [-0.1, -0.05) is 42.5 Å². The molecule has 120 valence electrons. The number of nitrogens with one attached hydrogen (secondary N) is 3. The lowest BCUT2D eigenvalue weighted by Gasteiger charge is -2.24. The Bertz CT molecular complexity index is 724. The second-order valence-corrected chi connectivity index (χ2v) is 6.06. The number of quaternary nitrogens is 1. The lowest BCUT2D eigenvalue weighted by atomic mass is 10.00.